The fourth-order valence-electron chi connectivity index (χ4n) is 0.325. The fourth-order valence-corrected chi connectivity index (χ4v) is 2.31. The van der Waals surface area contributed by atoms with E-state index in [9.17, 15) is 0 Å². The molecule has 8 heavy (non-hydrogen) atoms. The molecule has 0 aliphatic carbocycles. The summed E-state index contributed by atoms with van der Waals surface area (Å²) in [6.07, 6.45) is 0. The van der Waals surface area contributed by atoms with E-state index in [4.69, 9.17) is 0 Å². The van der Waals surface area contributed by atoms with Gasteiger partial charge in [-0.3, -0.25) is 0 Å². The molecule has 0 radical (unpaired) electrons. The van der Waals surface area contributed by atoms with Gasteiger partial charge in [0.1, 0.15) is 0 Å². The molecule has 0 unspecified atom stereocenters. The topological polar surface area (TPSA) is 0 Å². The Bertz CT molecular complexity index is 146. The Morgan fingerprint density at radius 3 is 2.38 bits per heavy atom. The third kappa shape index (κ3) is 2.26. The second-order valence-electron chi connectivity index (χ2n) is 1.19. The number of thiophene rings is 1. The van der Waals surface area contributed by atoms with Crippen molar-refractivity contribution in [3.05, 3.63) is 15.9 Å². The van der Waals surface area contributed by atoms with Crippen molar-refractivity contribution in [3.63, 3.8) is 0 Å². The normalized spacial score (nSPS) is 8.38. The van der Waals surface area contributed by atoms with Crippen molar-refractivity contribution < 1.29 is 35.3 Å². The predicted molar refractivity (Wildman–Crippen MR) is 31.7 cm³/mol. The Morgan fingerprint density at radius 1 is 1.62 bits per heavy atom. The van der Waals surface area contributed by atoms with Crippen molar-refractivity contribution in [2.75, 3.05) is 0 Å². The van der Waals surface area contributed by atoms with Crippen molar-refractivity contribution in [1.82, 2.24) is 0 Å². The van der Waals surface area contributed by atoms with Crippen molar-refractivity contribution in [1.29, 1.82) is 0 Å². The summed E-state index contributed by atoms with van der Waals surface area (Å²) in [6, 6.07) is 2.09. The molecule has 0 aliphatic heterocycles. The van der Waals surface area contributed by atoms with E-state index in [-0.39, 0.29) is 17.0 Å². The van der Waals surface area contributed by atoms with Gasteiger partial charge >= 0.3 is 65.0 Å². The molecule has 0 bridgehead atoms. The third-order valence-electron chi connectivity index (χ3n) is 0.691. The maximum atomic E-state index is 3.41. The molecule has 0 atom stereocenters. The Kier molecular flexibility index (Phi) is 4.82. The first-order valence-corrected chi connectivity index (χ1v) is 5.01. The molecule has 0 aliphatic rings. The monoisotopic (exact) mass is 304 g/mol. The Balaban J connectivity index is 0.000000490. The van der Waals surface area contributed by atoms with Crippen LogP contribution < -0.4 is 20.5 Å². The molecule has 0 saturated heterocycles. The van der Waals surface area contributed by atoms with Gasteiger partial charge in [-0.25, -0.2) is 0 Å². The van der Waals surface area contributed by atoms with E-state index >= 15 is 0 Å². The molecule has 0 amide bonds. The van der Waals surface area contributed by atoms with E-state index in [1.165, 1.54) is 26.2 Å². The van der Waals surface area contributed by atoms with E-state index in [0.29, 0.717) is 0 Å². The van der Waals surface area contributed by atoms with E-state index in [2.05, 4.69) is 27.4 Å². The van der Waals surface area contributed by atoms with E-state index in [0.717, 1.165) is 0 Å². The summed E-state index contributed by atoms with van der Waals surface area (Å²) in [6.45, 7) is 0. The molecule has 0 spiro atoms. The molecule has 0 fully saturated rings. The van der Waals surface area contributed by atoms with Gasteiger partial charge in [-0.2, -0.15) is 0 Å². The number of hydrogen-bond donors (Lipinski definition) is 0. The Hall–Kier alpha value is 1.28. The summed E-state index contributed by atoms with van der Waals surface area (Å²) in [5, 5.41) is 2.10. The number of rotatable bonds is 0. The second kappa shape index (κ2) is 4.16. The van der Waals surface area contributed by atoms with E-state index in [1.54, 1.807) is 0 Å². The van der Waals surface area contributed by atoms with Crippen LogP contribution >= 0.6 is 27.3 Å². The van der Waals surface area contributed by atoms with Gasteiger partial charge in [0.25, 0.3) is 0 Å². The van der Waals surface area contributed by atoms with Gasteiger partial charge in [-0.1, -0.05) is 0 Å². The molecular formula is C4H2Br2SZn. The minimum absolute atomic E-state index is 0. The molecule has 0 aromatic carbocycles. The molecule has 1 aromatic heterocycles. The van der Waals surface area contributed by atoms with Gasteiger partial charge in [0.2, 0.25) is 0 Å². The summed E-state index contributed by atoms with van der Waals surface area (Å²) < 4.78 is 2.75. The summed E-state index contributed by atoms with van der Waals surface area (Å²) >= 11 is 6.48. The van der Waals surface area contributed by atoms with Gasteiger partial charge in [0.15, 0.2) is 0 Å². The average Bonchev–Trinajstić information content (AvgIpc) is 1.91. The van der Waals surface area contributed by atoms with Gasteiger partial charge in [-0.05, 0) is 0 Å². The van der Waals surface area contributed by atoms with Crippen LogP contribution in [0.3, 0.4) is 0 Å². The molecular weight excluding hydrogens is 305 g/mol. The zero-order valence-corrected chi connectivity index (χ0v) is 11.0. The van der Waals surface area contributed by atoms with Gasteiger partial charge in [0, 0.05) is 0 Å². The number of halogens is 2. The van der Waals surface area contributed by atoms with Crippen LogP contribution in [0.4, 0.5) is 0 Å². The molecule has 0 saturated carbocycles. The summed E-state index contributed by atoms with van der Waals surface area (Å²) in [5.41, 5.74) is 0. The van der Waals surface area contributed by atoms with E-state index < -0.39 is 0 Å². The number of hydrogen-bond acceptors (Lipinski definition) is 1. The van der Waals surface area contributed by atoms with Crippen LogP contribution in [-0.4, -0.2) is 0 Å². The fraction of sp³-hybridized carbons (Fsp3) is 0. The molecule has 0 N–H and O–H groups in total. The van der Waals surface area contributed by atoms with Crippen LogP contribution in [0.5, 0.6) is 0 Å². The van der Waals surface area contributed by atoms with Crippen LogP contribution in [0.15, 0.2) is 15.9 Å². The standard InChI is InChI=1S/C4H2BrS.BrH.Zn/c5-4-1-2-6-3-4;;/h1-2H;1H;/q;;+1/p-1. The summed E-state index contributed by atoms with van der Waals surface area (Å²) in [4.78, 5) is 0. The van der Waals surface area contributed by atoms with Gasteiger partial charge in [-0.15, -0.1) is 0 Å². The van der Waals surface area contributed by atoms with Crippen molar-refractivity contribution in [2.24, 2.45) is 0 Å². The van der Waals surface area contributed by atoms with Crippen LogP contribution in [0.2, 0.25) is 0 Å². The predicted octanol–water partition coefficient (Wildman–Crippen LogP) is -1.31. The van der Waals surface area contributed by atoms with Gasteiger partial charge in [0.05, 0.1) is 0 Å². The van der Waals surface area contributed by atoms with Crippen molar-refractivity contribution in [2.45, 2.75) is 0 Å². The second-order valence-corrected chi connectivity index (χ2v) is 5.61. The summed E-state index contributed by atoms with van der Waals surface area (Å²) in [5.74, 6) is 0. The zero-order chi connectivity index (χ0) is 5.28. The quantitative estimate of drug-likeness (QED) is 0.522. The van der Waals surface area contributed by atoms with Crippen LogP contribution in [-0.2, 0) is 18.3 Å². The Labute approximate surface area is 81.3 Å². The van der Waals surface area contributed by atoms with Gasteiger partial charge < -0.3 is 17.0 Å². The van der Waals surface area contributed by atoms with Crippen molar-refractivity contribution >= 4 is 30.7 Å². The molecule has 1 heterocycles. The molecule has 40 valence electrons. The van der Waals surface area contributed by atoms with Crippen LogP contribution in [0, 0.1) is 0 Å². The van der Waals surface area contributed by atoms with E-state index in [1.807, 2.05) is 11.3 Å². The molecule has 1 aromatic rings. The zero-order valence-electron chi connectivity index (χ0n) is 4.03. The third-order valence-corrected chi connectivity index (χ3v) is 5.41. The molecule has 1 rings (SSSR count). The Morgan fingerprint density at radius 2 is 2.25 bits per heavy atom. The summed E-state index contributed by atoms with van der Waals surface area (Å²) in [7, 11) is 0. The first kappa shape index (κ1) is 9.28. The SMILES string of the molecule is [Br-].[Zn+][c]1sccc1Br. The first-order valence-electron chi connectivity index (χ1n) is 1.85. The van der Waals surface area contributed by atoms with Crippen molar-refractivity contribution in [3.8, 4) is 0 Å². The molecule has 4 heteroatoms. The van der Waals surface area contributed by atoms with Crippen LogP contribution in [0.1, 0.15) is 0 Å². The van der Waals surface area contributed by atoms with Crippen LogP contribution in [0.25, 0.3) is 0 Å². The minimum atomic E-state index is 0. The maximum absolute atomic E-state index is 3.41. The average molecular weight is 307 g/mol. The molecule has 0 nitrogen and oxygen atoms in total. The first-order chi connectivity index (χ1) is 3.30.